The van der Waals surface area contributed by atoms with E-state index in [0.29, 0.717) is 6.04 Å². The molecule has 6 nitrogen and oxygen atoms in total. The molecule has 0 radical (unpaired) electrons. The summed E-state index contributed by atoms with van der Waals surface area (Å²) >= 11 is 1.83. The Kier molecular flexibility index (Phi) is 9.25. The second kappa shape index (κ2) is 11.9. The number of nitrogens with zero attached hydrogens (tertiary/aromatic N) is 4. The molecular weight excluding hydrogens is 519 g/mol. The minimum atomic E-state index is 0. The maximum atomic E-state index is 4.70. The summed E-state index contributed by atoms with van der Waals surface area (Å²) < 4.78 is 0. The first-order valence-electron chi connectivity index (χ1n) is 11.2. The number of halogens is 1. The predicted molar refractivity (Wildman–Crippen MR) is 143 cm³/mol. The third-order valence-electron chi connectivity index (χ3n) is 6.25. The number of rotatable bonds is 5. The van der Waals surface area contributed by atoms with E-state index in [9.17, 15) is 0 Å². The minimum Gasteiger partial charge on any atom is -0.363 e. The van der Waals surface area contributed by atoms with Crippen LogP contribution in [0.2, 0.25) is 0 Å². The highest BCUT2D eigenvalue weighted by atomic mass is 127. The van der Waals surface area contributed by atoms with Crippen LogP contribution in [0.3, 0.4) is 0 Å². The van der Waals surface area contributed by atoms with Gasteiger partial charge in [-0.15, -0.1) is 35.3 Å². The number of aromatic nitrogens is 1. The predicted octanol–water partition coefficient (Wildman–Crippen LogP) is 4.33. The van der Waals surface area contributed by atoms with Crippen molar-refractivity contribution in [3.8, 4) is 0 Å². The smallest absolute Gasteiger partial charge is 0.191 e. The van der Waals surface area contributed by atoms with Gasteiger partial charge in [0.1, 0.15) is 5.82 Å². The molecule has 2 N–H and O–H groups in total. The molecule has 0 saturated carbocycles. The van der Waals surface area contributed by atoms with Crippen molar-refractivity contribution in [1.82, 2.24) is 15.6 Å². The second-order valence-corrected chi connectivity index (χ2v) is 9.40. The first-order chi connectivity index (χ1) is 14.7. The molecule has 0 aromatic carbocycles. The number of hydrogen-bond acceptors (Lipinski definition) is 5. The molecule has 4 heterocycles. The lowest BCUT2D eigenvalue weighted by atomic mass is 9.99. The molecule has 0 unspecified atom stereocenters. The van der Waals surface area contributed by atoms with Crippen LogP contribution < -0.4 is 20.4 Å². The molecule has 2 aliphatic heterocycles. The summed E-state index contributed by atoms with van der Waals surface area (Å²) in [6, 6.07) is 9.15. The number of thiophene rings is 1. The van der Waals surface area contributed by atoms with Gasteiger partial charge in [0.15, 0.2) is 5.96 Å². The summed E-state index contributed by atoms with van der Waals surface area (Å²) in [5, 5.41) is 10.6. The molecule has 0 bridgehead atoms. The Labute approximate surface area is 207 Å². The molecule has 0 atom stereocenters. The van der Waals surface area contributed by atoms with E-state index in [-0.39, 0.29) is 24.0 Å². The van der Waals surface area contributed by atoms with Gasteiger partial charge >= 0.3 is 0 Å². The van der Waals surface area contributed by atoms with E-state index in [2.05, 4.69) is 62.0 Å². The SMILES string of the molecule is CN=C(NCc1ccc(N2CCC(C)CC2)nc1)NC1CCN(c2cccs2)CC1.I. The first-order valence-corrected chi connectivity index (χ1v) is 12.0. The fraction of sp³-hybridized carbons (Fsp3) is 0.565. The van der Waals surface area contributed by atoms with Crippen molar-refractivity contribution in [1.29, 1.82) is 0 Å². The van der Waals surface area contributed by atoms with E-state index in [1.54, 1.807) is 0 Å². The van der Waals surface area contributed by atoms with E-state index in [1.165, 1.54) is 23.4 Å². The number of piperidine rings is 2. The number of aliphatic imine (C=N–C) groups is 1. The molecule has 2 aliphatic rings. The number of nitrogens with one attached hydrogen (secondary N) is 2. The van der Waals surface area contributed by atoms with E-state index in [1.807, 2.05) is 24.6 Å². The summed E-state index contributed by atoms with van der Waals surface area (Å²) in [4.78, 5) is 14.0. The standard InChI is InChI=1S/C23H34N6S.HI/c1-18-7-11-28(12-8-18)21-6-5-19(16-25-21)17-26-23(24-2)27-20-9-13-29(14-10-20)22-4-3-15-30-22;/h3-6,15-16,18,20H,7-14,17H2,1-2H3,(H2,24,26,27);1H. The Hall–Kier alpha value is -1.55. The quantitative estimate of drug-likeness (QED) is 0.328. The average molecular weight is 555 g/mol. The second-order valence-electron chi connectivity index (χ2n) is 8.48. The van der Waals surface area contributed by atoms with Crippen molar-refractivity contribution in [3.05, 3.63) is 41.4 Å². The molecular formula is C23H35IN6S. The van der Waals surface area contributed by atoms with Crippen molar-refractivity contribution in [2.24, 2.45) is 10.9 Å². The maximum Gasteiger partial charge on any atom is 0.191 e. The highest BCUT2D eigenvalue weighted by Crippen LogP contribution is 2.25. The molecule has 0 aliphatic carbocycles. The summed E-state index contributed by atoms with van der Waals surface area (Å²) in [6.45, 7) is 7.50. The van der Waals surface area contributed by atoms with Crippen LogP contribution >= 0.6 is 35.3 Å². The molecule has 8 heteroatoms. The van der Waals surface area contributed by atoms with E-state index in [0.717, 1.165) is 63.3 Å². The Bertz CT molecular complexity index is 794. The van der Waals surface area contributed by atoms with Crippen molar-refractivity contribution in [3.63, 3.8) is 0 Å². The highest BCUT2D eigenvalue weighted by molar-refractivity contribution is 14.0. The zero-order valence-corrected chi connectivity index (χ0v) is 21.7. The number of pyridine rings is 1. The van der Waals surface area contributed by atoms with Gasteiger partial charge in [-0.3, -0.25) is 4.99 Å². The van der Waals surface area contributed by atoms with Gasteiger partial charge in [-0.2, -0.15) is 0 Å². The van der Waals surface area contributed by atoms with Gasteiger partial charge < -0.3 is 20.4 Å². The zero-order chi connectivity index (χ0) is 20.8. The fourth-order valence-corrected chi connectivity index (χ4v) is 5.00. The molecule has 31 heavy (non-hydrogen) atoms. The van der Waals surface area contributed by atoms with Gasteiger partial charge in [0.25, 0.3) is 0 Å². The Morgan fingerprint density at radius 1 is 1.10 bits per heavy atom. The van der Waals surface area contributed by atoms with Crippen LogP contribution in [0.25, 0.3) is 0 Å². The first kappa shape index (κ1) is 24.1. The van der Waals surface area contributed by atoms with Gasteiger partial charge in [0.05, 0.1) is 5.00 Å². The Balaban J connectivity index is 0.00000272. The van der Waals surface area contributed by atoms with Crippen LogP contribution in [0, 0.1) is 5.92 Å². The molecule has 4 rings (SSSR count). The third kappa shape index (κ3) is 6.71. The summed E-state index contributed by atoms with van der Waals surface area (Å²) in [5.41, 5.74) is 1.18. The van der Waals surface area contributed by atoms with Crippen LogP contribution in [-0.2, 0) is 6.54 Å². The van der Waals surface area contributed by atoms with E-state index >= 15 is 0 Å². The van der Waals surface area contributed by atoms with E-state index < -0.39 is 0 Å². The lowest BCUT2D eigenvalue weighted by Gasteiger charge is -2.33. The number of hydrogen-bond donors (Lipinski definition) is 2. The van der Waals surface area contributed by atoms with Gasteiger partial charge in [0.2, 0.25) is 0 Å². The zero-order valence-electron chi connectivity index (χ0n) is 18.6. The van der Waals surface area contributed by atoms with Crippen molar-refractivity contribution in [2.75, 3.05) is 43.0 Å². The van der Waals surface area contributed by atoms with Gasteiger partial charge in [0, 0.05) is 52.0 Å². The van der Waals surface area contributed by atoms with Crippen molar-refractivity contribution >= 4 is 52.1 Å². The van der Waals surface area contributed by atoms with Gasteiger partial charge in [-0.25, -0.2) is 4.98 Å². The maximum absolute atomic E-state index is 4.70. The molecule has 170 valence electrons. The number of anilines is 2. The molecule has 2 aromatic heterocycles. The van der Waals surface area contributed by atoms with Crippen LogP contribution in [-0.4, -0.2) is 50.2 Å². The molecule has 2 fully saturated rings. The highest BCUT2D eigenvalue weighted by Gasteiger charge is 2.21. The van der Waals surface area contributed by atoms with E-state index in [4.69, 9.17) is 4.98 Å². The van der Waals surface area contributed by atoms with Crippen LogP contribution in [0.4, 0.5) is 10.8 Å². The van der Waals surface area contributed by atoms with Crippen LogP contribution in [0.1, 0.15) is 38.2 Å². The van der Waals surface area contributed by atoms with Gasteiger partial charge in [-0.05, 0) is 60.7 Å². The largest absolute Gasteiger partial charge is 0.363 e. The monoisotopic (exact) mass is 554 g/mol. The summed E-state index contributed by atoms with van der Waals surface area (Å²) in [5.74, 6) is 2.82. The third-order valence-corrected chi connectivity index (χ3v) is 7.18. The van der Waals surface area contributed by atoms with Crippen molar-refractivity contribution in [2.45, 2.75) is 45.2 Å². The van der Waals surface area contributed by atoms with Crippen LogP contribution in [0.15, 0.2) is 40.8 Å². The summed E-state index contributed by atoms with van der Waals surface area (Å²) in [7, 11) is 1.84. The number of guanidine groups is 1. The molecule has 0 amide bonds. The van der Waals surface area contributed by atoms with Crippen LogP contribution in [0.5, 0.6) is 0 Å². The molecule has 2 saturated heterocycles. The Morgan fingerprint density at radius 3 is 2.45 bits per heavy atom. The lowest BCUT2D eigenvalue weighted by Crippen LogP contribution is -2.48. The van der Waals surface area contributed by atoms with Gasteiger partial charge in [-0.1, -0.05) is 13.0 Å². The average Bonchev–Trinajstić information content (AvgIpc) is 3.33. The lowest BCUT2D eigenvalue weighted by molar-refractivity contribution is 0.436. The molecule has 2 aromatic rings. The normalized spacial score (nSPS) is 18.6. The minimum absolute atomic E-state index is 0. The Morgan fingerprint density at radius 2 is 1.84 bits per heavy atom. The van der Waals surface area contributed by atoms with Crippen molar-refractivity contribution < 1.29 is 0 Å². The fourth-order valence-electron chi connectivity index (χ4n) is 4.21. The topological polar surface area (TPSA) is 55.8 Å². The molecule has 0 spiro atoms. The summed E-state index contributed by atoms with van der Waals surface area (Å²) in [6.07, 6.45) is 6.78.